The first-order valence-electron chi connectivity index (χ1n) is 45.0. The number of aryl methyl sites for hydroxylation is 2. The van der Waals surface area contributed by atoms with Gasteiger partial charge in [0.05, 0.1) is 49.2 Å². The number of piperazine rings is 2. The van der Waals surface area contributed by atoms with Gasteiger partial charge < -0.3 is 34.1 Å². The molecule has 2 amide bonds. The molecule has 0 unspecified atom stereocenters. The van der Waals surface area contributed by atoms with Gasteiger partial charge in [0, 0.05) is 181 Å². The van der Waals surface area contributed by atoms with Crippen molar-refractivity contribution in [2.75, 3.05) is 126 Å². The van der Waals surface area contributed by atoms with E-state index in [1.54, 1.807) is 73.4 Å². The number of carbonyl (C=O) groups is 2. The van der Waals surface area contributed by atoms with Crippen molar-refractivity contribution >= 4 is 134 Å². The number of nitrogens with zero attached hydrogens (tertiary/aromatic N) is 10. The number of anilines is 2. The lowest BCUT2D eigenvalue weighted by Gasteiger charge is -2.39. The van der Waals surface area contributed by atoms with Crippen LogP contribution in [0.15, 0.2) is 196 Å². The van der Waals surface area contributed by atoms with Gasteiger partial charge in [0.1, 0.15) is 34.3 Å². The molecule has 10 aromatic rings. The van der Waals surface area contributed by atoms with E-state index in [4.69, 9.17) is 32.7 Å². The molecule has 0 radical (unpaired) electrons. The SMILES string of the molecule is C=P1(C)CCN(CCCCc2ccc(S(=O)(=O)NC(=O)c3ccc(N4CCN(CC5=C(c6ccc(Cl)cc6)CC(C)(C)CC5)CC4)cc3Oc3cnc4[nH]ccc4c3)cc2[N+](=O)[O-])CC1.CC1(C)CCC(CN2CCN(c3ccc(C(=O)NS(=O)(=O)c4ccc(CCC5CCC(N=S(C)(C)=O)CC5)c([N+](=O)[O-])c4)c(Oc4cnc5[nH]ccc5c4)c3)CC2)=C(c2ccc(Cl)cc2)C1. The van der Waals surface area contributed by atoms with Crippen LogP contribution in [0.3, 0.4) is 0 Å². The number of aromatic nitrogens is 4. The molecule has 16 rings (SSSR count). The Morgan fingerprint density at radius 1 is 0.557 bits per heavy atom. The van der Waals surface area contributed by atoms with Gasteiger partial charge in [0.15, 0.2) is 0 Å². The Morgan fingerprint density at radius 2 is 0.992 bits per heavy atom. The third-order valence-corrected chi connectivity index (χ3v) is 32.9. The number of pyridine rings is 2. The zero-order valence-corrected chi connectivity index (χ0v) is 80.3. The highest BCUT2D eigenvalue weighted by Gasteiger charge is 2.35. The summed E-state index contributed by atoms with van der Waals surface area (Å²) in [6.07, 6.45) is 29.4. The predicted octanol–water partition coefficient (Wildman–Crippen LogP) is 19.6. The first-order valence-corrected chi connectivity index (χ1v) is 53.9. The van der Waals surface area contributed by atoms with Crippen LogP contribution in [-0.2, 0) is 42.6 Å². The summed E-state index contributed by atoms with van der Waals surface area (Å²) in [6, 6.07) is 41.5. The van der Waals surface area contributed by atoms with Gasteiger partial charge in [0.25, 0.3) is 43.2 Å². The second-order valence-corrected chi connectivity index (χ2v) is 48.9. The summed E-state index contributed by atoms with van der Waals surface area (Å²) in [5.41, 5.74) is 11.8. The number of unbranched alkanes of at least 4 members (excludes halogenated alkanes) is 1. The zero-order valence-electron chi connectivity index (χ0n) is 75.4. The molecule has 4 fully saturated rings. The van der Waals surface area contributed by atoms with Crippen LogP contribution in [0.2, 0.25) is 10.0 Å². The number of ether oxygens (including phenoxy) is 2. The van der Waals surface area contributed by atoms with Crippen LogP contribution < -0.4 is 28.7 Å². The minimum absolute atomic E-state index is 0.0199. The molecular formula is C98H117Cl2N14O13PS3. The fourth-order valence-corrected chi connectivity index (χ4v) is 23.6. The molecule has 0 atom stereocenters. The molecule has 3 saturated heterocycles. The summed E-state index contributed by atoms with van der Waals surface area (Å²) in [5.74, 6) is -0.576. The minimum atomic E-state index is -4.56. The van der Waals surface area contributed by atoms with Gasteiger partial charge in [-0.3, -0.25) is 43.8 Å². The molecule has 4 aromatic heterocycles. The van der Waals surface area contributed by atoms with Crippen LogP contribution in [0.5, 0.6) is 23.0 Å². The Morgan fingerprint density at radius 3 is 1.42 bits per heavy atom. The predicted molar refractivity (Wildman–Crippen MR) is 526 cm³/mol. The highest BCUT2D eigenvalue weighted by Crippen LogP contribution is 2.47. The number of halogens is 2. The minimum Gasteiger partial charge on any atom is -0.455 e. The second-order valence-electron chi connectivity index (χ2n) is 38.0. The molecular weight excluding hydrogens is 1780 g/mol. The standard InChI is InChI=1S/C49H58ClN7O7S2.C49H59ClN7O6PS/c1-49(2)21-19-37(44(30-49)34-9-12-38(50)13-10-34)32-55-23-25-56(26-24-55)40-16-18-43(46(28-40)64-41-27-36-20-22-51-47(36)52-31-41)48(58)54-66(62,63)42-17-11-35(45(29-42)57(59)60)8-5-33-6-14-39(15-7-33)53-65(3,4)61;1-49(2)18-16-38(44(32-49)35-8-11-39(50)12-9-35)34-55-21-23-56(24-22-55)40-13-15-43(46(30-40)63-41-29-37-17-19-51-47(37)52-33-41)48(58)53-65(61,62)42-14-10-36(45(31-42)57(59)60)7-5-6-20-54-25-27-64(3,4)28-26-54/h9-13,16-18,20,22,27-29,31,33,39H,5-8,14-15,19,21,23-26,30,32H2,1-4H3,(H,51,52)(H,54,58);8-15,17,19,29-31,33H,3,5-7,16,18,20-28,32,34H2,1-2,4H3,(H,51,52)(H,53,58). The van der Waals surface area contributed by atoms with E-state index in [1.165, 1.54) is 70.1 Å². The van der Waals surface area contributed by atoms with E-state index < -0.39 is 63.2 Å². The fraction of sp³-hybridized carbons (Fsp3) is 0.418. The lowest BCUT2D eigenvalue weighted by Crippen LogP contribution is -2.47. The van der Waals surface area contributed by atoms with Gasteiger partial charge >= 0.3 is 0 Å². The maximum Gasteiger partial charge on any atom is 0.273 e. The summed E-state index contributed by atoms with van der Waals surface area (Å²) >= 11 is 12.5. The molecule has 6 aliphatic rings. The van der Waals surface area contributed by atoms with E-state index in [0.717, 1.165) is 219 Å². The van der Waals surface area contributed by atoms with E-state index in [-0.39, 0.29) is 55.8 Å². The number of nitro groups is 2. The molecule has 131 heavy (non-hydrogen) atoms. The average molecular weight is 1900 g/mol. The van der Waals surface area contributed by atoms with E-state index >= 15 is 0 Å². The van der Waals surface area contributed by atoms with E-state index in [9.17, 15) is 50.9 Å². The summed E-state index contributed by atoms with van der Waals surface area (Å²) in [5, 5.41) is 27.5. The molecule has 0 spiro atoms. The van der Waals surface area contributed by atoms with Crippen LogP contribution in [-0.4, -0.2) is 206 Å². The van der Waals surface area contributed by atoms with Crippen molar-refractivity contribution in [2.45, 2.75) is 140 Å². The van der Waals surface area contributed by atoms with Crippen molar-refractivity contribution in [3.05, 3.63) is 245 Å². The second kappa shape index (κ2) is 40.7. The van der Waals surface area contributed by atoms with Gasteiger partial charge in [-0.15, -0.1) is 13.2 Å². The van der Waals surface area contributed by atoms with Crippen LogP contribution in [0, 0.1) is 37.0 Å². The van der Waals surface area contributed by atoms with Gasteiger partial charge in [0.2, 0.25) is 0 Å². The number of allylic oxidation sites excluding steroid dienone is 2. The molecule has 4 N–H and O–H groups in total. The lowest BCUT2D eigenvalue weighted by molar-refractivity contribution is -0.385. The van der Waals surface area contributed by atoms with E-state index in [2.05, 4.69) is 123 Å². The quantitative estimate of drug-likeness (QED) is 0.0146. The first-order chi connectivity index (χ1) is 62.4. The van der Waals surface area contributed by atoms with E-state index in [0.29, 0.717) is 59.1 Å². The number of benzene rings is 6. The molecule has 7 heterocycles. The fourth-order valence-electron chi connectivity index (χ4n) is 18.7. The van der Waals surface area contributed by atoms with Crippen LogP contribution in [0.1, 0.15) is 154 Å². The smallest absolute Gasteiger partial charge is 0.273 e. The number of nitrogens with one attached hydrogen (secondary N) is 4. The molecule has 3 aliphatic carbocycles. The van der Waals surface area contributed by atoms with Crippen molar-refractivity contribution in [1.82, 2.24) is 44.1 Å². The topological polar surface area (TPSA) is 334 Å². The normalized spacial score (nSPS) is 18.8. The first kappa shape index (κ1) is 95.3. The van der Waals surface area contributed by atoms with Crippen molar-refractivity contribution < 1.29 is 50.0 Å². The maximum atomic E-state index is 14.0. The Bertz CT molecular complexity index is 6410. The van der Waals surface area contributed by atoms with Crippen LogP contribution >= 0.6 is 30.1 Å². The number of aromatic amines is 2. The molecule has 1 saturated carbocycles. The maximum absolute atomic E-state index is 14.0. The van der Waals surface area contributed by atoms with Gasteiger partial charge in [-0.05, 0) is 246 Å². The van der Waals surface area contributed by atoms with Crippen molar-refractivity contribution in [3.63, 3.8) is 0 Å². The summed E-state index contributed by atoms with van der Waals surface area (Å²) < 4.78 is 88.7. The number of hydrogen-bond acceptors (Lipinski definition) is 21. The Hall–Kier alpha value is -10.3. The molecule has 27 nitrogen and oxygen atoms in total. The number of hydrogen-bond donors (Lipinski definition) is 4. The molecule has 33 heteroatoms. The number of carbonyl (C=O) groups excluding carboxylic acids is 2. The highest BCUT2D eigenvalue weighted by atomic mass is 35.5. The van der Waals surface area contributed by atoms with Gasteiger partial charge in [-0.25, -0.2) is 40.6 Å². The van der Waals surface area contributed by atoms with Crippen molar-refractivity contribution in [2.24, 2.45) is 21.1 Å². The lowest BCUT2D eigenvalue weighted by atomic mass is 9.72. The Kier molecular flexibility index (Phi) is 29.6. The van der Waals surface area contributed by atoms with Crippen molar-refractivity contribution in [3.8, 4) is 23.0 Å². The third-order valence-electron chi connectivity index (χ3n) is 26.4. The van der Waals surface area contributed by atoms with E-state index in [1.807, 2.05) is 36.4 Å². The van der Waals surface area contributed by atoms with Crippen LogP contribution in [0.4, 0.5) is 22.7 Å². The van der Waals surface area contributed by atoms with Gasteiger partial charge in [-0.2, -0.15) is 0 Å². The number of nitro benzene ring substituents is 2. The molecule has 694 valence electrons. The average Bonchev–Trinajstić information content (AvgIpc) is 1.32. The third kappa shape index (κ3) is 24.8. The van der Waals surface area contributed by atoms with Crippen molar-refractivity contribution in [1.29, 1.82) is 0 Å². The molecule has 3 aliphatic heterocycles. The number of sulfonamides is 2. The summed E-state index contributed by atoms with van der Waals surface area (Å²) in [4.78, 5) is 77.4. The highest BCUT2D eigenvalue weighted by molar-refractivity contribution is 7.92. The zero-order chi connectivity index (χ0) is 92.7. The monoisotopic (exact) mass is 1890 g/mol. The molecule has 6 aromatic carbocycles. The summed E-state index contributed by atoms with van der Waals surface area (Å²) in [6.45, 7) is 21.6. The van der Waals surface area contributed by atoms with Gasteiger partial charge in [-0.1, -0.05) is 98.4 Å². The van der Waals surface area contributed by atoms with Crippen LogP contribution in [0.25, 0.3) is 33.2 Å². The number of H-pyrrole nitrogens is 2. The number of fused-ring (bicyclic) bond motifs is 2. The Labute approximate surface area is 778 Å². The molecule has 0 bridgehead atoms. The number of amides is 2. The largest absolute Gasteiger partial charge is 0.455 e. The summed E-state index contributed by atoms with van der Waals surface area (Å²) in [7, 11) is -11.3. The Balaban J connectivity index is 0.000000201. The number of rotatable bonds is 29.